The van der Waals surface area contributed by atoms with Crippen molar-refractivity contribution >= 4 is 11.6 Å². The Bertz CT molecular complexity index is 1100. The van der Waals surface area contributed by atoms with E-state index in [-0.39, 0.29) is 36.0 Å². The predicted molar refractivity (Wildman–Crippen MR) is 111 cm³/mol. The molecule has 0 fully saturated rings. The van der Waals surface area contributed by atoms with E-state index >= 15 is 0 Å². The Balaban J connectivity index is 1.66. The first kappa shape index (κ1) is 21.1. The van der Waals surface area contributed by atoms with Gasteiger partial charge in [-0.05, 0) is 38.1 Å². The number of nitrogens with zero attached hydrogens (tertiary/aromatic N) is 3. The van der Waals surface area contributed by atoms with Crippen molar-refractivity contribution in [3.05, 3.63) is 52.3 Å². The van der Waals surface area contributed by atoms with Gasteiger partial charge in [0.05, 0.1) is 25.5 Å². The summed E-state index contributed by atoms with van der Waals surface area (Å²) >= 11 is 0. The molecule has 2 aromatic heterocycles. The first-order chi connectivity index (χ1) is 14.5. The zero-order chi connectivity index (χ0) is 21.7. The van der Waals surface area contributed by atoms with E-state index in [0.717, 1.165) is 5.69 Å². The Morgan fingerprint density at radius 1 is 1.20 bits per heavy atom. The summed E-state index contributed by atoms with van der Waals surface area (Å²) in [6.07, 6.45) is 0.370. The molecule has 9 heteroatoms. The molecule has 0 aliphatic carbocycles. The molecule has 0 spiro atoms. The van der Waals surface area contributed by atoms with Crippen molar-refractivity contribution in [3.8, 4) is 22.9 Å². The zero-order valence-electron chi connectivity index (χ0n) is 17.4. The Hall–Kier alpha value is -3.62. The van der Waals surface area contributed by atoms with Crippen LogP contribution in [0.2, 0.25) is 0 Å². The van der Waals surface area contributed by atoms with Gasteiger partial charge in [-0.15, -0.1) is 0 Å². The monoisotopic (exact) mass is 412 g/mol. The smallest absolute Gasteiger partial charge is 0.261 e. The summed E-state index contributed by atoms with van der Waals surface area (Å²) in [5.41, 5.74) is 1.59. The number of ether oxygens (including phenoxy) is 2. The number of methoxy groups -OCH3 is 2. The molecule has 0 saturated heterocycles. The summed E-state index contributed by atoms with van der Waals surface area (Å²) in [6.45, 7) is 4.32. The van der Waals surface area contributed by atoms with E-state index in [9.17, 15) is 9.59 Å². The molecule has 1 aromatic carbocycles. The first-order valence-corrected chi connectivity index (χ1v) is 9.52. The van der Waals surface area contributed by atoms with E-state index in [1.807, 2.05) is 19.9 Å². The molecule has 0 bridgehead atoms. The SMILES string of the molecule is CCn1c(C)ccc(-c2noc(CCC(=O)Nc3ccc(OC)cc3OC)n2)c1=O. The number of benzene rings is 1. The third-order valence-corrected chi connectivity index (χ3v) is 4.67. The van der Waals surface area contributed by atoms with Gasteiger partial charge in [-0.25, -0.2) is 0 Å². The van der Waals surface area contributed by atoms with Crippen molar-refractivity contribution in [2.75, 3.05) is 19.5 Å². The van der Waals surface area contributed by atoms with E-state index in [1.54, 1.807) is 35.9 Å². The van der Waals surface area contributed by atoms with Gasteiger partial charge < -0.3 is 23.9 Å². The first-order valence-electron chi connectivity index (χ1n) is 9.52. The van der Waals surface area contributed by atoms with E-state index in [4.69, 9.17) is 14.0 Å². The maximum Gasteiger partial charge on any atom is 0.261 e. The van der Waals surface area contributed by atoms with Crippen molar-refractivity contribution in [2.45, 2.75) is 33.2 Å². The Labute approximate surface area is 173 Å². The number of amides is 1. The van der Waals surface area contributed by atoms with Gasteiger partial charge in [0, 0.05) is 31.1 Å². The number of carbonyl (C=O) groups excluding carboxylic acids is 1. The van der Waals surface area contributed by atoms with Crippen molar-refractivity contribution < 1.29 is 18.8 Å². The van der Waals surface area contributed by atoms with Crippen LogP contribution < -0.4 is 20.3 Å². The Kier molecular flexibility index (Phi) is 6.51. The maximum atomic E-state index is 12.6. The highest BCUT2D eigenvalue weighted by molar-refractivity contribution is 5.92. The van der Waals surface area contributed by atoms with Crippen LogP contribution in [0.25, 0.3) is 11.4 Å². The minimum absolute atomic E-state index is 0.129. The average molecular weight is 412 g/mol. The third kappa shape index (κ3) is 4.51. The molecule has 0 atom stereocenters. The molecule has 0 saturated carbocycles. The number of aromatic nitrogens is 3. The van der Waals surface area contributed by atoms with Crippen LogP contribution in [0.5, 0.6) is 11.5 Å². The highest BCUT2D eigenvalue weighted by atomic mass is 16.5. The van der Waals surface area contributed by atoms with Crippen LogP contribution in [-0.2, 0) is 17.8 Å². The van der Waals surface area contributed by atoms with Crippen LogP contribution >= 0.6 is 0 Å². The lowest BCUT2D eigenvalue weighted by Gasteiger charge is -2.11. The number of pyridine rings is 1. The Morgan fingerprint density at radius 3 is 2.70 bits per heavy atom. The molecule has 3 aromatic rings. The van der Waals surface area contributed by atoms with Gasteiger partial charge in [-0.1, -0.05) is 5.16 Å². The van der Waals surface area contributed by atoms with E-state index in [2.05, 4.69) is 15.5 Å². The van der Waals surface area contributed by atoms with Crippen LogP contribution in [-0.4, -0.2) is 34.8 Å². The summed E-state index contributed by atoms with van der Waals surface area (Å²) < 4.78 is 17.3. The summed E-state index contributed by atoms with van der Waals surface area (Å²) in [6, 6.07) is 8.64. The predicted octanol–water partition coefficient (Wildman–Crippen LogP) is 2.82. The number of aryl methyl sites for hydroxylation is 2. The number of hydrogen-bond donors (Lipinski definition) is 1. The third-order valence-electron chi connectivity index (χ3n) is 4.67. The molecule has 3 rings (SSSR count). The molecule has 158 valence electrons. The van der Waals surface area contributed by atoms with Gasteiger partial charge in [0.1, 0.15) is 11.5 Å². The molecule has 0 aliphatic rings. The molecular formula is C21H24N4O5. The lowest BCUT2D eigenvalue weighted by molar-refractivity contribution is -0.116. The quantitative estimate of drug-likeness (QED) is 0.606. The van der Waals surface area contributed by atoms with Crippen LogP contribution in [0.15, 0.2) is 39.6 Å². The largest absolute Gasteiger partial charge is 0.497 e. The second-order valence-corrected chi connectivity index (χ2v) is 6.56. The zero-order valence-corrected chi connectivity index (χ0v) is 17.4. The highest BCUT2D eigenvalue weighted by Gasteiger charge is 2.16. The number of rotatable bonds is 8. The molecular weight excluding hydrogens is 388 g/mol. The van der Waals surface area contributed by atoms with Gasteiger partial charge >= 0.3 is 0 Å². The van der Waals surface area contributed by atoms with Gasteiger partial charge in [0.2, 0.25) is 17.6 Å². The average Bonchev–Trinajstić information content (AvgIpc) is 3.21. The molecule has 2 heterocycles. The fourth-order valence-electron chi connectivity index (χ4n) is 3.03. The number of carbonyl (C=O) groups is 1. The van der Waals surface area contributed by atoms with Gasteiger partial charge in [0.15, 0.2) is 0 Å². The number of nitrogens with one attached hydrogen (secondary N) is 1. The number of anilines is 1. The van der Waals surface area contributed by atoms with E-state index < -0.39 is 0 Å². The summed E-state index contributed by atoms with van der Waals surface area (Å²) in [5.74, 6) is 1.39. The fraction of sp³-hybridized carbons (Fsp3) is 0.333. The van der Waals surface area contributed by atoms with Gasteiger partial charge in [0.25, 0.3) is 5.56 Å². The van der Waals surface area contributed by atoms with Gasteiger partial charge in [-0.2, -0.15) is 4.98 Å². The molecule has 0 unspecified atom stereocenters. The van der Waals surface area contributed by atoms with Crippen LogP contribution in [0.4, 0.5) is 5.69 Å². The minimum atomic E-state index is -0.234. The normalized spacial score (nSPS) is 10.7. The molecule has 0 aliphatic heterocycles. The molecule has 9 nitrogen and oxygen atoms in total. The lowest BCUT2D eigenvalue weighted by atomic mass is 10.2. The van der Waals surface area contributed by atoms with Gasteiger partial charge in [-0.3, -0.25) is 9.59 Å². The van der Waals surface area contributed by atoms with E-state index in [1.165, 1.54) is 7.11 Å². The Morgan fingerprint density at radius 2 is 2.00 bits per heavy atom. The van der Waals surface area contributed by atoms with Crippen molar-refractivity contribution in [1.29, 1.82) is 0 Å². The second-order valence-electron chi connectivity index (χ2n) is 6.56. The van der Waals surface area contributed by atoms with Crippen LogP contribution in [0, 0.1) is 6.92 Å². The summed E-state index contributed by atoms with van der Waals surface area (Å²) in [4.78, 5) is 29.2. The van der Waals surface area contributed by atoms with Crippen molar-refractivity contribution in [1.82, 2.24) is 14.7 Å². The highest BCUT2D eigenvalue weighted by Crippen LogP contribution is 2.29. The lowest BCUT2D eigenvalue weighted by Crippen LogP contribution is -2.23. The minimum Gasteiger partial charge on any atom is -0.497 e. The van der Waals surface area contributed by atoms with Crippen LogP contribution in [0.1, 0.15) is 24.9 Å². The fourth-order valence-corrected chi connectivity index (χ4v) is 3.03. The molecule has 0 radical (unpaired) electrons. The number of hydrogen-bond acceptors (Lipinski definition) is 7. The van der Waals surface area contributed by atoms with Crippen molar-refractivity contribution in [3.63, 3.8) is 0 Å². The summed E-state index contributed by atoms with van der Waals surface area (Å²) in [5, 5.41) is 6.68. The summed E-state index contributed by atoms with van der Waals surface area (Å²) in [7, 11) is 3.07. The topological polar surface area (TPSA) is 108 Å². The maximum absolute atomic E-state index is 12.6. The molecule has 1 amide bonds. The molecule has 1 N–H and O–H groups in total. The standard InChI is InChI=1S/C21H24N4O5/c1-5-25-13(2)6-8-15(21(25)27)20-23-19(30-24-20)11-10-18(26)22-16-9-7-14(28-3)12-17(16)29-4/h6-9,12H,5,10-11H2,1-4H3,(H,22,26). The van der Waals surface area contributed by atoms with E-state index in [0.29, 0.717) is 29.3 Å². The second kappa shape index (κ2) is 9.25. The molecule has 30 heavy (non-hydrogen) atoms. The van der Waals surface area contributed by atoms with Crippen molar-refractivity contribution in [2.24, 2.45) is 0 Å². The van der Waals surface area contributed by atoms with Crippen LogP contribution in [0.3, 0.4) is 0 Å².